The smallest absolute Gasteiger partial charge is 0.226 e. The number of amides is 1. The lowest BCUT2D eigenvalue weighted by Gasteiger charge is -2.20. The Morgan fingerprint density at radius 2 is 2.29 bits per heavy atom. The molecule has 17 heavy (non-hydrogen) atoms. The number of hydrogen-bond acceptors (Lipinski definition) is 4. The molecule has 1 rings (SSSR count). The average molecular weight is 239 g/mol. The first-order chi connectivity index (χ1) is 8.04. The van der Waals surface area contributed by atoms with Gasteiger partial charge in [-0.2, -0.15) is 5.10 Å². The zero-order valence-electron chi connectivity index (χ0n) is 10.9. The van der Waals surface area contributed by atoms with Gasteiger partial charge in [-0.15, -0.1) is 0 Å². The van der Waals surface area contributed by atoms with Crippen molar-refractivity contribution in [3.63, 3.8) is 0 Å². The van der Waals surface area contributed by atoms with Gasteiger partial charge in [0.1, 0.15) is 5.82 Å². The van der Waals surface area contributed by atoms with Crippen LogP contribution in [0.3, 0.4) is 0 Å². The molecule has 1 atom stereocenters. The second kappa shape index (κ2) is 6.34. The van der Waals surface area contributed by atoms with Gasteiger partial charge in [0.15, 0.2) is 5.82 Å². The molecule has 1 heterocycles. The molecule has 1 unspecified atom stereocenters. The van der Waals surface area contributed by atoms with Gasteiger partial charge >= 0.3 is 0 Å². The third kappa shape index (κ3) is 4.14. The van der Waals surface area contributed by atoms with Crippen LogP contribution in [-0.4, -0.2) is 46.1 Å². The Hall–Kier alpha value is -1.43. The number of nitrogens with zero attached hydrogens (tertiary/aromatic N) is 3. The van der Waals surface area contributed by atoms with Crippen molar-refractivity contribution >= 4 is 5.91 Å². The summed E-state index contributed by atoms with van der Waals surface area (Å²) in [4.78, 5) is 17.8. The number of H-pyrrole nitrogens is 1. The van der Waals surface area contributed by atoms with E-state index in [4.69, 9.17) is 0 Å². The Morgan fingerprint density at radius 3 is 2.82 bits per heavy atom. The van der Waals surface area contributed by atoms with Crippen molar-refractivity contribution in [2.24, 2.45) is 5.92 Å². The highest BCUT2D eigenvalue weighted by atomic mass is 16.2. The van der Waals surface area contributed by atoms with Crippen LogP contribution in [-0.2, 0) is 11.3 Å². The van der Waals surface area contributed by atoms with Gasteiger partial charge in [-0.05, 0) is 13.5 Å². The number of hydrogen-bond donors (Lipinski definition) is 2. The van der Waals surface area contributed by atoms with Crippen molar-refractivity contribution in [3.05, 3.63) is 11.6 Å². The fraction of sp³-hybridized carbons (Fsp3) is 0.727. The van der Waals surface area contributed by atoms with E-state index in [-0.39, 0.29) is 11.8 Å². The predicted octanol–water partition coefficient (Wildman–Crippen LogP) is 0.317. The Labute approximate surface area is 102 Å². The van der Waals surface area contributed by atoms with Gasteiger partial charge in [0.2, 0.25) is 5.91 Å². The minimum Gasteiger partial charge on any atom is -0.338 e. The molecule has 1 amide bonds. The summed E-state index contributed by atoms with van der Waals surface area (Å²) in [5.74, 6) is 1.49. The maximum atomic E-state index is 12.0. The normalized spacial score (nSPS) is 12.5. The van der Waals surface area contributed by atoms with E-state index >= 15 is 0 Å². The molecule has 6 heteroatoms. The topological polar surface area (TPSA) is 73.9 Å². The van der Waals surface area contributed by atoms with Gasteiger partial charge in [-0.25, -0.2) is 4.98 Å². The minimum atomic E-state index is -0.0278. The van der Waals surface area contributed by atoms with Crippen LogP contribution >= 0.6 is 0 Å². The molecule has 0 aliphatic rings. The number of carbonyl (C=O) groups is 1. The molecular formula is C11H21N5O. The molecule has 0 bridgehead atoms. The van der Waals surface area contributed by atoms with Gasteiger partial charge in [0.05, 0.1) is 6.54 Å². The van der Waals surface area contributed by atoms with Crippen LogP contribution in [0, 0.1) is 12.8 Å². The van der Waals surface area contributed by atoms with E-state index in [1.807, 2.05) is 20.8 Å². The average Bonchev–Trinajstić information content (AvgIpc) is 2.70. The Kier molecular flexibility index (Phi) is 5.09. The first-order valence-electron chi connectivity index (χ1n) is 5.88. The summed E-state index contributed by atoms with van der Waals surface area (Å²) in [6, 6.07) is 0. The fourth-order valence-electron chi connectivity index (χ4n) is 1.57. The van der Waals surface area contributed by atoms with Crippen molar-refractivity contribution in [2.45, 2.75) is 27.3 Å². The predicted molar refractivity (Wildman–Crippen MR) is 65.3 cm³/mol. The van der Waals surface area contributed by atoms with Crippen molar-refractivity contribution in [1.29, 1.82) is 0 Å². The van der Waals surface area contributed by atoms with E-state index in [0.29, 0.717) is 18.9 Å². The minimum absolute atomic E-state index is 0.0278. The van der Waals surface area contributed by atoms with Crippen molar-refractivity contribution in [3.8, 4) is 0 Å². The second-order valence-electron chi connectivity index (χ2n) is 4.24. The number of rotatable bonds is 6. The van der Waals surface area contributed by atoms with E-state index in [1.165, 1.54) is 0 Å². The molecule has 0 fully saturated rings. The van der Waals surface area contributed by atoms with Crippen LogP contribution in [0.5, 0.6) is 0 Å². The highest BCUT2D eigenvalue weighted by Gasteiger charge is 2.18. The summed E-state index contributed by atoms with van der Waals surface area (Å²) in [5.41, 5.74) is 0. The number of aryl methyl sites for hydroxylation is 1. The summed E-state index contributed by atoms with van der Waals surface area (Å²) < 4.78 is 0. The molecule has 1 aromatic heterocycles. The van der Waals surface area contributed by atoms with E-state index in [9.17, 15) is 4.79 Å². The summed E-state index contributed by atoms with van der Waals surface area (Å²) in [7, 11) is 1.77. The lowest BCUT2D eigenvalue weighted by molar-refractivity contribution is -0.134. The first-order valence-corrected chi connectivity index (χ1v) is 5.88. The third-order valence-electron chi connectivity index (χ3n) is 2.52. The molecule has 96 valence electrons. The van der Waals surface area contributed by atoms with E-state index in [2.05, 4.69) is 20.5 Å². The van der Waals surface area contributed by atoms with Gasteiger partial charge < -0.3 is 10.2 Å². The first kappa shape index (κ1) is 13.6. The molecule has 0 saturated carbocycles. The van der Waals surface area contributed by atoms with Crippen molar-refractivity contribution in [2.75, 3.05) is 20.1 Å². The summed E-state index contributed by atoms with van der Waals surface area (Å²) in [5, 5.41) is 9.95. The molecule has 1 aromatic rings. The zero-order chi connectivity index (χ0) is 12.8. The third-order valence-corrected chi connectivity index (χ3v) is 2.52. The number of carbonyl (C=O) groups excluding carboxylic acids is 1. The Morgan fingerprint density at radius 1 is 1.59 bits per heavy atom. The van der Waals surface area contributed by atoms with Crippen LogP contribution < -0.4 is 5.32 Å². The van der Waals surface area contributed by atoms with Crippen LogP contribution in [0.1, 0.15) is 25.5 Å². The largest absolute Gasteiger partial charge is 0.338 e. The van der Waals surface area contributed by atoms with E-state index in [1.54, 1.807) is 11.9 Å². The molecule has 0 saturated heterocycles. The van der Waals surface area contributed by atoms with E-state index in [0.717, 1.165) is 12.4 Å². The molecule has 0 spiro atoms. The number of nitrogens with one attached hydrogen (secondary N) is 2. The maximum Gasteiger partial charge on any atom is 0.226 e. The van der Waals surface area contributed by atoms with Crippen LogP contribution in [0.15, 0.2) is 0 Å². The van der Waals surface area contributed by atoms with E-state index < -0.39 is 0 Å². The lowest BCUT2D eigenvalue weighted by Crippen LogP contribution is -2.36. The monoisotopic (exact) mass is 239 g/mol. The standard InChI is InChI=1S/C11H21N5O/c1-5-12-6-8(2)11(17)16(4)7-10-13-9(3)14-15-10/h8,12H,5-7H2,1-4H3,(H,13,14,15). The highest BCUT2D eigenvalue weighted by molar-refractivity contribution is 5.78. The molecular weight excluding hydrogens is 218 g/mol. The molecule has 0 aliphatic heterocycles. The SMILES string of the molecule is CCNCC(C)C(=O)N(C)Cc1n[nH]c(C)n1. The number of aromatic amines is 1. The van der Waals surface area contributed by atoms with Crippen LogP contribution in [0.2, 0.25) is 0 Å². The maximum absolute atomic E-state index is 12.0. The Bertz CT molecular complexity index is 362. The summed E-state index contributed by atoms with van der Waals surface area (Å²) in [6.07, 6.45) is 0. The summed E-state index contributed by atoms with van der Waals surface area (Å²) in [6.45, 7) is 7.81. The Balaban J connectivity index is 2.46. The molecule has 0 aromatic carbocycles. The number of aromatic nitrogens is 3. The molecule has 0 aliphatic carbocycles. The fourth-order valence-corrected chi connectivity index (χ4v) is 1.57. The zero-order valence-corrected chi connectivity index (χ0v) is 10.9. The van der Waals surface area contributed by atoms with Gasteiger partial charge in [-0.1, -0.05) is 13.8 Å². The molecule has 0 radical (unpaired) electrons. The second-order valence-corrected chi connectivity index (χ2v) is 4.24. The highest BCUT2D eigenvalue weighted by Crippen LogP contribution is 2.03. The van der Waals surface area contributed by atoms with Crippen LogP contribution in [0.4, 0.5) is 0 Å². The molecule has 6 nitrogen and oxygen atoms in total. The quantitative estimate of drug-likeness (QED) is 0.749. The van der Waals surface area contributed by atoms with Crippen LogP contribution in [0.25, 0.3) is 0 Å². The summed E-state index contributed by atoms with van der Waals surface area (Å²) >= 11 is 0. The van der Waals surface area contributed by atoms with Crippen molar-refractivity contribution < 1.29 is 4.79 Å². The lowest BCUT2D eigenvalue weighted by atomic mass is 10.1. The van der Waals surface area contributed by atoms with Gasteiger partial charge in [0.25, 0.3) is 0 Å². The molecule has 2 N–H and O–H groups in total. The van der Waals surface area contributed by atoms with Gasteiger partial charge in [0, 0.05) is 19.5 Å². The van der Waals surface area contributed by atoms with Crippen molar-refractivity contribution in [1.82, 2.24) is 25.4 Å². The van der Waals surface area contributed by atoms with Gasteiger partial charge in [-0.3, -0.25) is 9.89 Å².